The van der Waals surface area contributed by atoms with Crippen molar-refractivity contribution in [2.24, 2.45) is 5.92 Å². The van der Waals surface area contributed by atoms with Crippen LogP contribution in [-0.4, -0.2) is 11.8 Å². The van der Waals surface area contributed by atoms with E-state index in [1.807, 2.05) is 38.1 Å². The van der Waals surface area contributed by atoms with E-state index >= 15 is 0 Å². The minimum Gasteiger partial charge on any atom is -0.469 e. The van der Waals surface area contributed by atoms with Crippen LogP contribution in [0.1, 0.15) is 35.5 Å². The second-order valence-electron chi connectivity index (χ2n) is 5.42. The number of benzene rings is 1. The Hall–Kier alpha value is -2.56. The molecule has 2 N–H and O–H groups in total. The van der Waals surface area contributed by atoms with Gasteiger partial charge in [-0.25, -0.2) is 0 Å². The molecule has 2 amide bonds. The molecular formula is C17H20N2O3. The quantitative estimate of drug-likeness (QED) is 0.891. The molecule has 2 rings (SSSR count). The highest BCUT2D eigenvalue weighted by Gasteiger charge is 2.11. The van der Waals surface area contributed by atoms with Crippen molar-refractivity contribution in [3.63, 3.8) is 0 Å². The number of rotatable bonds is 5. The third-order valence-electron chi connectivity index (χ3n) is 3.28. The van der Waals surface area contributed by atoms with Gasteiger partial charge in [-0.05, 0) is 30.7 Å². The average Bonchev–Trinajstić information content (AvgIpc) is 2.91. The van der Waals surface area contributed by atoms with Crippen molar-refractivity contribution in [1.29, 1.82) is 0 Å². The topological polar surface area (TPSA) is 71.3 Å². The number of nitrogens with one attached hydrogen (secondary N) is 2. The van der Waals surface area contributed by atoms with E-state index in [-0.39, 0.29) is 17.7 Å². The Bertz CT molecular complexity index is 674. The molecule has 0 bridgehead atoms. The zero-order chi connectivity index (χ0) is 16.1. The highest BCUT2D eigenvalue weighted by atomic mass is 16.3. The predicted octanol–water partition coefficient (Wildman–Crippen LogP) is 3.11. The number of aryl methyl sites for hydroxylation is 1. The summed E-state index contributed by atoms with van der Waals surface area (Å²) in [5.41, 5.74) is 2.17. The maximum absolute atomic E-state index is 12.0. The highest BCUT2D eigenvalue weighted by Crippen LogP contribution is 2.13. The summed E-state index contributed by atoms with van der Waals surface area (Å²) >= 11 is 0. The summed E-state index contributed by atoms with van der Waals surface area (Å²) in [6, 6.07) is 9.06. The highest BCUT2D eigenvalue weighted by molar-refractivity contribution is 5.95. The molecule has 1 heterocycles. The molecule has 0 atom stereocenters. The molecule has 1 aromatic heterocycles. The van der Waals surface area contributed by atoms with Gasteiger partial charge < -0.3 is 15.1 Å². The Balaban J connectivity index is 1.97. The van der Waals surface area contributed by atoms with Gasteiger partial charge in [-0.15, -0.1) is 0 Å². The fourth-order valence-corrected chi connectivity index (χ4v) is 1.94. The first kappa shape index (κ1) is 15.8. The molecule has 0 saturated carbocycles. The van der Waals surface area contributed by atoms with E-state index in [9.17, 15) is 9.59 Å². The van der Waals surface area contributed by atoms with Crippen LogP contribution in [0.3, 0.4) is 0 Å². The molecule has 2 aromatic rings. The lowest BCUT2D eigenvalue weighted by Crippen LogP contribution is -2.23. The van der Waals surface area contributed by atoms with Crippen molar-refractivity contribution < 1.29 is 14.0 Å². The van der Waals surface area contributed by atoms with E-state index in [0.29, 0.717) is 17.9 Å². The van der Waals surface area contributed by atoms with Crippen LogP contribution in [0.15, 0.2) is 41.0 Å². The van der Waals surface area contributed by atoms with Crippen LogP contribution in [0.4, 0.5) is 5.69 Å². The maximum atomic E-state index is 12.0. The van der Waals surface area contributed by atoms with E-state index in [2.05, 4.69) is 10.6 Å². The molecule has 5 nitrogen and oxygen atoms in total. The molecule has 116 valence electrons. The van der Waals surface area contributed by atoms with Crippen LogP contribution >= 0.6 is 0 Å². The van der Waals surface area contributed by atoms with Crippen LogP contribution in [0.25, 0.3) is 0 Å². The Labute approximate surface area is 129 Å². The Morgan fingerprint density at radius 2 is 2.00 bits per heavy atom. The van der Waals surface area contributed by atoms with Gasteiger partial charge in [0.2, 0.25) is 5.91 Å². The molecule has 1 aromatic carbocycles. The second-order valence-corrected chi connectivity index (χ2v) is 5.42. The van der Waals surface area contributed by atoms with Crippen molar-refractivity contribution in [1.82, 2.24) is 5.32 Å². The van der Waals surface area contributed by atoms with Crippen molar-refractivity contribution in [2.45, 2.75) is 27.3 Å². The predicted molar refractivity (Wildman–Crippen MR) is 84.5 cm³/mol. The molecule has 0 unspecified atom stereocenters. The maximum Gasteiger partial charge on any atom is 0.255 e. The molecule has 0 spiro atoms. The molecule has 0 saturated heterocycles. The van der Waals surface area contributed by atoms with Gasteiger partial charge >= 0.3 is 0 Å². The minimum absolute atomic E-state index is 0.0322. The zero-order valence-electron chi connectivity index (χ0n) is 13.0. The van der Waals surface area contributed by atoms with E-state index < -0.39 is 0 Å². The standard InChI is InChI=1S/C17H20N2O3/c1-11(2)16(20)19-14-6-4-5-13(9-14)10-18-17(21)15-7-8-22-12(15)3/h4-9,11H,10H2,1-3H3,(H,18,21)(H,19,20). The van der Waals surface area contributed by atoms with Gasteiger partial charge in [0.1, 0.15) is 5.76 Å². The number of hydrogen-bond donors (Lipinski definition) is 2. The third kappa shape index (κ3) is 3.97. The van der Waals surface area contributed by atoms with Gasteiger partial charge in [-0.1, -0.05) is 26.0 Å². The lowest BCUT2D eigenvalue weighted by Gasteiger charge is -2.10. The van der Waals surface area contributed by atoms with E-state index in [4.69, 9.17) is 4.42 Å². The monoisotopic (exact) mass is 300 g/mol. The summed E-state index contributed by atoms with van der Waals surface area (Å²) in [6.45, 7) is 5.81. The number of anilines is 1. The molecule has 0 fully saturated rings. The van der Waals surface area contributed by atoms with Crippen molar-refractivity contribution in [3.05, 3.63) is 53.5 Å². The molecule has 22 heavy (non-hydrogen) atoms. The molecule has 0 aliphatic heterocycles. The van der Waals surface area contributed by atoms with Gasteiger partial charge in [0.05, 0.1) is 11.8 Å². The SMILES string of the molecule is Cc1occc1C(=O)NCc1cccc(NC(=O)C(C)C)c1. The number of carbonyl (C=O) groups is 2. The lowest BCUT2D eigenvalue weighted by atomic mass is 10.1. The fourth-order valence-electron chi connectivity index (χ4n) is 1.94. The first-order valence-corrected chi connectivity index (χ1v) is 7.19. The zero-order valence-corrected chi connectivity index (χ0v) is 13.0. The Kier molecular flexibility index (Phi) is 4.99. The Morgan fingerprint density at radius 1 is 1.23 bits per heavy atom. The second kappa shape index (κ2) is 6.93. The van der Waals surface area contributed by atoms with Gasteiger partial charge in [0, 0.05) is 18.2 Å². The number of hydrogen-bond acceptors (Lipinski definition) is 3. The molecular weight excluding hydrogens is 280 g/mol. The summed E-state index contributed by atoms with van der Waals surface area (Å²) in [6.07, 6.45) is 1.49. The summed E-state index contributed by atoms with van der Waals surface area (Å²) in [5.74, 6) is 0.306. The van der Waals surface area contributed by atoms with Gasteiger partial charge in [0.25, 0.3) is 5.91 Å². The van der Waals surface area contributed by atoms with Crippen LogP contribution in [0.2, 0.25) is 0 Å². The van der Waals surface area contributed by atoms with Crippen LogP contribution in [0, 0.1) is 12.8 Å². The largest absolute Gasteiger partial charge is 0.469 e. The van der Waals surface area contributed by atoms with Crippen LogP contribution in [0.5, 0.6) is 0 Å². The smallest absolute Gasteiger partial charge is 0.255 e. The number of furan rings is 1. The normalized spacial score (nSPS) is 10.5. The number of carbonyl (C=O) groups excluding carboxylic acids is 2. The summed E-state index contributed by atoms with van der Waals surface area (Å²) in [7, 11) is 0. The van der Waals surface area contributed by atoms with Crippen molar-refractivity contribution >= 4 is 17.5 Å². The molecule has 5 heteroatoms. The summed E-state index contributed by atoms with van der Waals surface area (Å²) in [5, 5.41) is 5.67. The van der Waals surface area contributed by atoms with Crippen LogP contribution in [-0.2, 0) is 11.3 Å². The lowest BCUT2D eigenvalue weighted by molar-refractivity contribution is -0.118. The first-order chi connectivity index (χ1) is 10.5. The van der Waals surface area contributed by atoms with Gasteiger partial charge in [0.15, 0.2) is 0 Å². The summed E-state index contributed by atoms with van der Waals surface area (Å²) < 4.78 is 5.11. The molecule has 0 aliphatic carbocycles. The minimum atomic E-state index is -0.178. The first-order valence-electron chi connectivity index (χ1n) is 7.19. The van der Waals surface area contributed by atoms with Crippen molar-refractivity contribution in [3.8, 4) is 0 Å². The van der Waals surface area contributed by atoms with E-state index in [0.717, 1.165) is 11.3 Å². The average molecular weight is 300 g/mol. The van der Waals surface area contributed by atoms with Gasteiger partial charge in [-0.2, -0.15) is 0 Å². The molecule has 0 aliphatic rings. The molecule has 0 radical (unpaired) electrons. The van der Waals surface area contributed by atoms with E-state index in [1.54, 1.807) is 13.0 Å². The fraction of sp³-hybridized carbons (Fsp3) is 0.294. The Morgan fingerprint density at radius 3 is 2.64 bits per heavy atom. The van der Waals surface area contributed by atoms with Crippen LogP contribution < -0.4 is 10.6 Å². The number of amides is 2. The third-order valence-corrected chi connectivity index (χ3v) is 3.28. The van der Waals surface area contributed by atoms with Crippen molar-refractivity contribution in [2.75, 3.05) is 5.32 Å². The summed E-state index contributed by atoms with van der Waals surface area (Å²) in [4.78, 5) is 23.7. The van der Waals surface area contributed by atoms with E-state index in [1.165, 1.54) is 6.26 Å². The van der Waals surface area contributed by atoms with Gasteiger partial charge in [-0.3, -0.25) is 9.59 Å².